The van der Waals surface area contributed by atoms with Crippen LogP contribution in [-0.2, 0) is 4.79 Å². The van der Waals surface area contributed by atoms with Gasteiger partial charge >= 0.3 is 5.97 Å². The monoisotopic (exact) mass is 238 g/mol. The third kappa shape index (κ3) is 2.14. The van der Waals surface area contributed by atoms with Crippen molar-refractivity contribution in [2.75, 3.05) is 5.73 Å². The van der Waals surface area contributed by atoms with E-state index in [1.165, 1.54) is 11.8 Å². The van der Waals surface area contributed by atoms with Crippen LogP contribution in [-0.4, -0.2) is 20.8 Å². The maximum atomic E-state index is 11.3. The number of hydrogen-bond acceptors (Lipinski definition) is 4. The molecule has 2 rings (SSSR count). The topological polar surface area (TPSA) is 76.2 Å². The lowest BCUT2D eigenvalue weighted by atomic mass is 10.1. The van der Waals surface area contributed by atoms with Gasteiger partial charge < -0.3 is 10.8 Å². The van der Waals surface area contributed by atoms with E-state index in [0.717, 1.165) is 30.7 Å². The molecule has 0 spiro atoms. The molecule has 1 aromatic heterocycles. The Kier molecular flexibility index (Phi) is 3.05. The molecular formula is C11H14N2O2S. The van der Waals surface area contributed by atoms with E-state index < -0.39 is 10.7 Å². The van der Waals surface area contributed by atoms with Crippen molar-refractivity contribution in [2.24, 2.45) is 0 Å². The van der Waals surface area contributed by atoms with Gasteiger partial charge in [-0.1, -0.05) is 24.6 Å². The molecule has 5 heteroatoms. The van der Waals surface area contributed by atoms with E-state index in [-0.39, 0.29) is 0 Å². The van der Waals surface area contributed by atoms with Crippen molar-refractivity contribution in [2.45, 2.75) is 35.5 Å². The number of rotatable bonds is 3. The van der Waals surface area contributed by atoms with Crippen LogP contribution in [0.25, 0.3) is 0 Å². The predicted octanol–water partition coefficient (Wildman–Crippen LogP) is 2.15. The number of carboxylic acids is 1. The highest BCUT2D eigenvalue weighted by atomic mass is 32.2. The predicted molar refractivity (Wildman–Crippen MR) is 63.3 cm³/mol. The molecule has 4 nitrogen and oxygen atoms in total. The molecule has 0 atom stereocenters. The molecule has 1 aliphatic carbocycles. The first-order valence-corrected chi connectivity index (χ1v) is 6.08. The molecule has 1 aliphatic rings. The smallest absolute Gasteiger partial charge is 0.320 e. The fourth-order valence-corrected chi connectivity index (χ4v) is 3.18. The minimum atomic E-state index is -0.728. The van der Waals surface area contributed by atoms with Crippen LogP contribution in [0.15, 0.2) is 23.4 Å². The molecule has 1 aromatic rings. The molecule has 0 saturated heterocycles. The van der Waals surface area contributed by atoms with Crippen LogP contribution in [0, 0.1) is 0 Å². The van der Waals surface area contributed by atoms with E-state index in [1.807, 2.05) is 0 Å². The molecule has 86 valence electrons. The zero-order valence-electron chi connectivity index (χ0n) is 8.85. The fourth-order valence-electron chi connectivity index (χ4n) is 1.96. The Morgan fingerprint density at radius 3 is 2.62 bits per heavy atom. The standard InChI is InChI=1S/C11H14N2O2S/c12-8-3-4-9(13-7-8)16-11(10(14)15)5-1-2-6-11/h3-4,7H,1-2,5-6,12H2,(H,14,15). The summed E-state index contributed by atoms with van der Waals surface area (Å²) in [6.07, 6.45) is 4.97. The van der Waals surface area contributed by atoms with Gasteiger partial charge in [0.25, 0.3) is 0 Å². The number of nitrogens with two attached hydrogens (primary N) is 1. The minimum Gasteiger partial charge on any atom is -0.480 e. The Balaban J connectivity index is 2.18. The third-order valence-electron chi connectivity index (χ3n) is 2.86. The van der Waals surface area contributed by atoms with Gasteiger partial charge in [0, 0.05) is 0 Å². The van der Waals surface area contributed by atoms with Gasteiger partial charge in [0.15, 0.2) is 0 Å². The average Bonchev–Trinajstić information content (AvgIpc) is 2.71. The molecule has 0 radical (unpaired) electrons. The number of carboxylic acid groups (broad SMARTS) is 1. The number of thioether (sulfide) groups is 1. The van der Waals surface area contributed by atoms with Crippen LogP contribution in [0.5, 0.6) is 0 Å². The van der Waals surface area contributed by atoms with Gasteiger partial charge in [-0.3, -0.25) is 4.79 Å². The number of aliphatic carboxylic acids is 1. The number of hydrogen-bond donors (Lipinski definition) is 2. The quantitative estimate of drug-likeness (QED) is 0.843. The number of nitrogens with zero attached hydrogens (tertiary/aromatic N) is 1. The molecule has 0 amide bonds. The zero-order chi connectivity index (χ0) is 11.6. The van der Waals surface area contributed by atoms with Crippen molar-refractivity contribution >= 4 is 23.4 Å². The summed E-state index contributed by atoms with van der Waals surface area (Å²) in [5.74, 6) is -0.728. The third-order valence-corrected chi connectivity index (χ3v) is 4.28. The molecule has 0 aromatic carbocycles. The number of aromatic nitrogens is 1. The SMILES string of the molecule is Nc1ccc(SC2(C(=O)O)CCCC2)nc1. The molecular weight excluding hydrogens is 224 g/mol. The Hall–Kier alpha value is -1.23. The highest BCUT2D eigenvalue weighted by Gasteiger charge is 2.42. The zero-order valence-corrected chi connectivity index (χ0v) is 9.67. The van der Waals surface area contributed by atoms with E-state index in [1.54, 1.807) is 18.3 Å². The van der Waals surface area contributed by atoms with E-state index in [2.05, 4.69) is 4.98 Å². The molecule has 3 N–H and O–H groups in total. The van der Waals surface area contributed by atoms with Crippen molar-refractivity contribution in [3.05, 3.63) is 18.3 Å². The van der Waals surface area contributed by atoms with Crippen LogP contribution in [0.4, 0.5) is 5.69 Å². The lowest BCUT2D eigenvalue weighted by Gasteiger charge is -2.22. The van der Waals surface area contributed by atoms with Crippen LogP contribution >= 0.6 is 11.8 Å². The van der Waals surface area contributed by atoms with Crippen molar-refractivity contribution in [3.8, 4) is 0 Å². The summed E-state index contributed by atoms with van der Waals surface area (Å²) in [5, 5.41) is 10.0. The molecule has 1 saturated carbocycles. The maximum Gasteiger partial charge on any atom is 0.320 e. The van der Waals surface area contributed by atoms with Crippen LogP contribution in [0.1, 0.15) is 25.7 Å². The Morgan fingerprint density at radius 2 is 2.12 bits per heavy atom. The van der Waals surface area contributed by atoms with Gasteiger partial charge in [0.05, 0.1) is 16.9 Å². The molecule has 1 fully saturated rings. The lowest BCUT2D eigenvalue weighted by molar-refractivity contribution is -0.139. The van der Waals surface area contributed by atoms with Crippen LogP contribution in [0.2, 0.25) is 0 Å². The summed E-state index contributed by atoms with van der Waals surface area (Å²) in [6.45, 7) is 0. The van der Waals surface area contributed by atoms with Gasteiger partial charge in [0.1, 0.15) is 4.75 Å². The Morgan fingerprint density at radius 1 is 1.44 bits per heavy atom. The average molecular weight is 238 g/mol. The Bertz CT molecular complexity index is 385. The fraction of sp³-hybridized carbons (Fsp3) is 0.455. The maximum absolute atomic E-state index is 11.3. The summed E-state index contributed by atoms with van der Waals surface area (Å²) >= 11 is 1.35. The molecule has 0 bridgehead atoms. The number of pyridine rings is 1. The summed E-state index contributed by atoms with van der Waals surface area (Å²) < 4.78 is -0.677. The van der Waals surface area contributed by atoms with Crippen molar-refractivity contribution in [3.63, 3.8) is 0 Å². The van der Waals surface area contributed by atoms with Gasteiger partial charge in [-0.2, -0.15) is 0 Å². The van der Waals surface area contributed by atoms with E-state index in [9.17, 15) is 9.90 Å². The number of carbonyl (C=O) groups is 1. The normalized spacial score (nSPS) is 18.5. The van der Waals surface area contributed by atoms with Crippen molar-refractivity contribution in [1.82, 2.24) is 4.98 Å². The van der Waals surface area contributed by atoms with Crippen molar-refractivity contribution < 1.29 is 9.90 Å². The van der Waals surface area contributed by atoms with E-state index in [0.29, 0.717) is 5.69 Å². The highest BCUT2D eigenvalue weighted by molar-refractivity contribution is 8.01. The summed E-state index contributed by atoms with van der Waals surface area (Å²) in [4.78, 5) is 15.5. The second kappa shape index (κ2) is 4.33. The van der Waals surface area contributed by atoms with Gasteiger partial charge in [0.2, 0.25) is 0 Å². The van der Waals surface area contributed by atoms with Crippen LogP contribution < -0.4 is 5.73 Å². The molecule has 16 heavy (non-hydrogen) atoms. The highest BCUT2D eigenvalue weighted by Crippen LogP contribution is 2.44. The number of anilines is 1. The summed E-state index contributed by atoms with van der Waals surface area (Å²) in [5.41, 5.74) is 6.14. The second-order valence-corrected chi connectivity index (χ2v) is 5.44. The van der Waals surface area contributed by atoms with E-state index >= 15 is 0 Å². The van der Waals surface area contributed by atoms with Gasteiger partial charge in [-0.15, -0.1) is 0 Å². The minimum absolute atomic E-state index is 0.597. The molecule has 0 unspecified atom stereocenters. The first-order valence-electron chi connectivity index (χ1n) is 5.26. The summed E-state index contributed by atoms with van der Waals surface area (Å²) in [7, 11) is 0. The van der Waals surface area contributed by atoms with E-state index in [4.69, 9.17) is 5.73 Å². The van der Waals surface area contributed by atoms with Crippen molar-refractivity contribution in [1.29, 1.82) is 0 Å². The summed E-state index contributed by atoms with van der Waals surface area (Å²) in [6, 6.07) is 3.53. The number of nitrogen functional groups attached to an aromatic ring is 1. The second-order valence-electron chi connectivity index (χ2n) is 4.04. The molecule has 1 heterocycles. The first kappa shape index (κ1) is 11.3. The largest absolute Gasteiger partial charge is 0.480 e. The first-order chi connectivity index (χ1) is 7.62. The molecule has 0 aliphatic heterocycles. The lowest BCUT2D eigenvalue weighted by Crippen LogP contribution is -2.31. The van der Waals surface area contributed by atoms with Gasteiger partial charge in [-0.25, -0.2) is 4.98 Å². The van der Waals surface area contributed by atoms with Crippen LogP contribution in [0.3, 0.4) is 0 Å². The van der Waals surface area contributed by atoms with Gasteiger partial charge in [-0.05, 0) is 25.0 Å². The Labute approximate surface area is 98.3 Å².